The van der Waals surface area contributed by atoms with E-state index in [0.29, 0.717) is 17.4 Å². The summed E-state index contributed by atoms with van der Waals surface area (Å²) < 4.78 is 12.5. The Balaban J connectivity index is 1.57. The minimum atomic E-state index is 0.577. The van der Waals surface area contributed by atoms with Gasteiger partial charge in [-0.25, -0.2) is 4.68 Å². The fourth-order valence-corrected chi connectivity index (χ4v) is 2.14. The average molecular weight is 311 g/mol. The zero-order valence-electron chi connectivity index (χ0n) is 12.0. The van der Waals surface area contributed by atoms with Crippen LogP contribution < -0.4 is 9.47 Å². The summed E-state index contributed by atoms with van der Waals surface area (Å²) in [5.74, 6) is 1.43. The smallest absolute Gasteiger partial charge is 0.138 e. The molecule has 0 spiro atoms. The number of nitrogens with zero attached hydrogens (tertiary/aromatic N) is 4. The van der Waals surface area contributed by atoms with Crippen LogP contribution in [0.4, 0.5) is 0 Å². The van der Waals surface area contributed by atoms with Gasteiger partial charge in [-0.1, -0.05) is 18.0 Å². The number of tetrazole rings is 1. The molecule has 0 aliphatic rings. The van der Waals surface area contributed by atoms with Crippen LogP contribution in [0.25, 0.3) is 0 Å². The van der Waals surface area contributed by atoms with Crippen LogP contribution in [0.1, 0.15) is 25.7 Å². The molecule has 1 heterocycles. The third-order valence-electron chi connectivity index (χ3n) is 3.07. The second-order valence-electron chi connectivity index (χ2n) is 4.63. The quantitative estimate of drug-likeness (QED) is 0.666. The highest BCUT2D eigenvalue weighted by atomic mass is 35.5. The van der Waals surface area contributed by atoms with Gasteiger partial charge < -0.3 is 9.47 Å². The van der Waals surface area contributed by atoms with Gasteiger partial charge in [0.1, 0.15) is 17.8 Å². The van der Waals surface area contributed by atoms with Crippen molar-refractivity contribution in [2.75, 3.05) is 13.7 Å². The second-order valence-corrected chi connectivity index (χ2v) is 5.04. The molecule has 0 radical (unpaired) electrons. The van der Waals surface area contributed by atoms with Crippen LogP contribution in [0.5, 0.6) is 11.5 Å². The van der Waals surface area contributed by atoms with Gasteiger partial charge in [-0.3, -0.25) is 0 Å². The van der Waals surface area contributed by atoms with Crippen molar-refractivity contribution in [1.82, 2.24) is 20.2 Å². The lowest BCUT2D eigenvalue weighted by atomic mass is 10.2. The molecule has 0 unspecified atom stereocenters. The fraction of sp³-hybridized carbons (Fsp3) is 0.500. The Kier molecular flexibility index (Phi) is 6.27. The molecule has 0 saturated heterocycles. The maximum atomic E-state index is 6.10. The van der Waals surface area contributed by atoms with Crippen LogP contribution in [-0.2, 0) is 6.54 Å². The van der Waals surface area contributed by atoms with Gasteiger partial charge in [0.25, 0.3) is 0 Å². The molecule has 0 fully saturated rings. The van der Waals surface area contributed by atoms with Crippen LogP contribution in [0.3, 0.4) is 0 Å². The molecule has 21 heavy (non-hydrogen) atoms. The van der Waals surface area contributed by atoms with Gasteiger partial charge in [-0.05, 0) is 41.8 Å². The van der Waals surface area contributed by atoms with Gasteiger partial charge in [0.2, 0.25) is 0 Å². The molecule has 0 amide bonds. The minimum absolute atomic E-state index is 0.577. The Hall–Kier alpha value is -1.82. The first-order valence-electron chi connectivity index (χ1n) is 6.96. The largest absolute Gasteiger partial charge is 0.497 e. The molecule has 1 aromatic carbocycles. The minimum Gasteiger partial charge on any atom is -0.497 e. The van der Waals surface area contributed by atoms with Crippen LogP contribution in [0.15, 0.2) is 24.5 Å². The highest BCUT2D eigenvalue weighted by Gasteiger charge is 2.03. The van der Waals surface area contributed by atoms with E-state index >= 15 is 0 Å². The number of hydrogen-bond acceptors (Lipinski definition) is 5. The first kappa shape index (κ1) is 15.6. The summed E-state index contributed by atoms with van der Waals surface area (Å²) in [5.41, 5.74) is 0. The van der Waals surface area contributed by atoms with E-state index in [9.17, 15) is 0 Å². The van der Waals surface area contributed by atoms with E-state index in [1.807, 2.05) is 12.1 Å². The van der Waals surface area contributed by atoms with Crippen molar-refractivity contribution in [2.45, 2.75) is 32.2 Å². The monoisotopic (exact) mass is 310 g/mol. The van der Waals surface area contributed by atoms with Gasteiger partial charge >= 0.3 is 0 Å². The number of unbranched alkanes of at least 4 members (excludes halogenated alkanes) is 3. The van der Waals surface area contributed by atoms with Crippen LogP contribution >= 0.6 is 11.6 Å². The van der Waals surface area contributed by atoms with Gasteiger partial charge in [0.15, 0.2) is 0 Å². The van der Waals surface area contributed by atoms with Crippen LogP contribution in [0.2, 0.25) is 5.02 Å². The van der Waals surface area contributed by atoms with E-state index in [4.69, 9.17) is 21.1 Å². The molecule has 0 aliphatic carbocycles. The van der Waals surface area contributed by atoms with Gasteiger partial charge in [0.05, 0.1) is 18.7 Å². The molecular formula is C14H19ClN4O2. The summed E-state index contributed by atoms with van der Waals surface area (Å²) in [6.07, 6.45) is 5.93. The SMILES string of the molecule is COc1ccc(OCCCCCCn2cnnn2)c(Cl)c1. The standard InChI is InChI=1S/C14H19ClN4O2/c1-20-12-6-7-14(13(15)10-12)21-9-5-3-2-4-8-19-11-16-17-18-19/h6-7,10-11H,2-5,8-9H2,1H3. The highest BCUT2D eigenvalue weighted by Crippen LogP contribution is 2.28. The molecule has 0 atom stereocenters. The van der Waals surface area contributed by atoms with Crippen molar-refractivity contribution < 1.29 is 9.47 Å². The lowest BCUT2D eigenvalue weighted by Gasteiger charge is -2.09. The molecule has 7 heteroatoms. The summed E-state index contributed by atoms with van der Waals surface area (Å²) in [6.45, 7) is 1.52. The number of aryl methyl sites for hydroxylation is 1. The van der Waals surface area contributed by atoms with E-state index < -0.39 is 0 Å². The number of halogens is 1. The van der Waals surface area contributed by atoms with Gasteiger partial charge in [-0.2, -0.15) is 0 Å². The summed E-state index contributed by atoms with van der Waals surface area (Å²) in [5, 5.41) is 11.6. The number of aromatic nitrogens is 4. The predicted octanol–water partition coefficient (Wildman–Crippen LogP) is 2.97. The normalized spacial score (nSPS) is 10.6. The lowest BCUT2D eigenvalue weighted by Crippen LogP contribution is -2.00. The number of benzene rings is 1. The number of hydrogen-bond donors (Lipinski definition) is 0. The first-order valence-corrected chi connectivity index (χ1v) is 7.34. The molecule has 1 aromatic heterocycles. The molecule has 0 bridgehead atoms. The molecule has 2 rings (SSSR count). The highest BCUT2D eigenvalue weighted by molar-refractivity contribution is 6.32. The number of ether oxygens (including phenoxy) is 2. The Morgan fingerprint density at radius 1 is 1.19 bits per heavy atom. The van der Waals surface area contributed by atoms with Crippen molar-refractivity contribution in [2.24, 2.45) is 0 Å². The van der Waals surface area contributed by atoms with Crippen LogP contribution in [0, 0.1) is 0 Å². The molecule has 0 N–H and O–H groups in total. The van der Waals surface area contributed by atoms with E-state index in [1.54, 1.807) is 24.2 Å². The Labute approximate surface area is 129 Å². The first-order chi connectivity index (χ1) is 10.3. The van der Waals surface area contributed by atoms with Crippen molar-refractivity contribution in [3.05, 3.63) is 29.5 Å². The number of methoxy groups -OCH3 is 1. The van der Waals surface area contributed by atoms with E-state index in [2.05, 4.69) is 15.5 Å². The van der Waals surface area contributed by atoms with E-state index in [1.165, 1.54) is 0 Å². The van der Waals surface area contributed by atoms with Gasteiger partial charge in [-0.15, -0.1) is 5.10 Å². The van der Waals surface area contributed by atoms with E-state index in [0.717, 1.165) is 38.0 Å². The summed E-state index contributed by atoms with van der Waals surface area (Å²) in [4.78, 5) is 0. The molecule has 114 valence electrons. The van der Waals surface area contributed by atoms with Crippen molar-refractivity contribution >= 4 is 11.6 Å². The maximum Gasteiger partial charge on any atom is 0.138 e. The maximum absolute atomic E-state index is 6.10. The average Bonchev–Trinajstić information content (AvgIpc) is 3.01. The second kappa shape index (κ2) is 8.46. The van der Waals surface area contributed by atoms with Crippen molar-refractivity contribution in [1.29, 1.82) is 0 Å². The van der Waals surface area contributed by atoms with E-state index in [-0.39, 0.29) is 0 Å². The zero-order valence-corrected chi connectivity index (χ0v) is 12.8. The topological polar surface area (TPSA) is 62.1 Å². The summed E-state index contributed by atoms with van der Waals surface area (Å²) in [6, 6.07) is 5.43. The third kappa shape index (κ3) is 5.23. The lowest BCUT2D eigenvalue weighted by molar-refractivity contribution is 0.303. The number of rotatable bonds is 9. The van der Waals surface area contributed by atoms with Crippen LogP contribution in [-0.4, -0.2) is 33.9 Å². The zero-order chi connectivity index (χ0) is 14.9. The Bertz CT molecular complexity index is 534. The molecular weight excluding hydrogens is 292 g/mol. The molecule has 6 nitrogen and oxygen atoms in total. The molecule has 0 saturated carbocycles. The van der Waals surface area contributed by atoms with Crippen molar-refractivity contribution in [3.8, 4) is 11.5 Å². The predicted molar refractivity (Wildman–Crippen MR) is 79.8 cm³/mol. The summed E-state index contributed by atoms with van der Waals surface area (Å²) in [7, 11) is 1.61. The summed E-state index contributed by atoms with van der Waals surface area (Å²) >= 11 is 6.10. The fourth-order valence-electron chi connectivity index (χ4n) is 1.92. The third-order valence-corrected chi connectivity index (χ3v) is 3.36. The van der Waals surface area contributed by atoms with Crippen molar-refractivity contribution in [3.63, 3.8) is 0 Å². The molecule has 2 aromatic rings. The Morgan fingerprint density at radius 2 is 2.05 bits per heavy atom. The molecule has 0 aliphatic heterocycles. The van der Waals surface area contributed by atoms with Gasteiger partial charge in [0, 0.05) is 12.6 Å². The Morgan fingerprint density at radius 3 is 2.76 bits per heavy atom.